The second-order valence-corrected chi connectivity index (χ2v) is 4.49. The number of anilines is 2. The van der Waals surface area contributed by atoms with E-state index in [4.69, 9.17) is 5.73 Å². The van der Waals surface area contributed by atoms with Crippen molar-refractivity contribution in [1.29, 1.82) is 0 Å². The molecule has 0 aliphatic carbocycles. The Morgan fingerprint density at radius 1 is 1.53 bits per heavy atom. The highest BCUT2D eigenvalue weighted by molar-refractivity contribution is 5.99. The fraction of sp³-hybridized carbons (Fsp3) is 0.462. The van der Waals surface area contributed by atoms with E-state index >= 15 is 0 Å². The minimum Gasteiger partial charge on any atom is -0.385 e. The zero-order valence-corrected chi connectivity index (χ0v) is 10.1. The van der Waals surface area contributed by atoms with E-state index in [0.29, 0.717) is 18.9 Å². The van der Waals surface area contributed by atoms with Crippen molar-refractivity contribution in [3.63, 3.8) is 0 Å². The SMILES string of the molecule is CCC(CN)CNc1ccc2c(c1)CC(=O)N2. The molecule has 0 spiro atoms. The van der Waals surface area contributed by atoms with E-state index in [-0.39, 0.29) is 5.91 Å². The van der Waals surface area contributed by atoms with Gasteiger partial charge in [-0.05, 0) is 36.2 Å². The van der Waals surface area contributed by atoms with Crippen LogP contribution in [0.2, 0.25) is 0 Å². The van der Waals surface area contributed by atoms with Crippen molar-refractivity contribution in [3.05, 3.63) is 23.8 Å². The summed E-state index contributed by atoms with van der Waals surface area (Å²) in [6.07, 6.45) is 1.56. The molecule has 0 bridgehead atoms. The average molecular weight is 233 g/mol. The van der Waals surface area contributed by atoms with Gasteiger partial charge in [0.1, 0.15) is 0 Å². The Labute approximate surface area is 102 Å². The molecule has 0 fully saturated rings. The van der Waals surface area contributed by atoms with Gasteiger partial charge >= 0.3 is 0 Å². The Kier molecular flexibility index (Phi) is 3.64. The molecule has 1 heterocycles. The Balaban J connectivity index is 1.99. The summed E-state index contributed by atoms with van der Waals surface area (Å²) in [7, 11) is 0. The van der Waals surface area contributed by atoms with Crippen LogP contribution in [-0.4, -0.2) is 19.0 Å². The quantitative estimate of drug-likeness (QED) is 0.723. The molecule has 4 heteroatoms. The van der Waals surface area contributed by atoms with E-state index in [1.807, 2.05) is 18.2 Å². The van der Waals surface area contributed by atoms with Gasteiger partial charge in [0.15, 0.2) is 0 Å². The number of hydrogen-bond donors (Lipinski definition) is 3. The second kappa shape index (κ2) is 5.19. The molecule has 0 saturated heterocycles. The molecule has 1 aromatic rings. The number of carbonyl (C=O) groups is 1. The molecule has 1 aliphatic rings. The predicted octanol–water partition coefficient (Wildman–Crippen LogP) is 1.58. The lowest BCUT2D eigenvalue weighted by molar-refractivity contribution is -0.115. The summed E-state index contributed by atoms with van der Waals surface area (Å²) >= 11 is 0. The fourth-order valence-electron chi connectivity index (χ4n) is 2.00. The standard InChI is InChI=1S/C13H19N3O/c1-2-9(7-14)8-15-11-3-4-12-10(5-11)6-13(17)16-12/h3-5,9,15H,2,6-8,14H2,1H3,(H,16,17). The van der Waals surface area contributed by atoms with Gasteiger partial charge < -0.3 is 16.4 Å². The van der Waals surface area contributed by atoms with Crippen molar-refractivity contribution in [2.24, 2.45) is 11.7 Å². The van der Waals surface area contributed by atoms with E-state index in [1.54, 1.807) is 0 Å². The highest BCUT2D eigenvalue weighted by atomic mass is 16.1. The third-order valence-corrected chi connectivity index (χ3v) is 3.24. The molecular weight excluding hydrogens is 214 g/mol. The third kappa shape index (κ3) is 2.77. The predicted molar refractivity (Wildman–Crippen MR) is 70.1 cm³/mol. The van der Waals surface area contributed by atoms with Gasteiger partial charge in [0.2, 0.25) is 5.91 Å². The van der Waals surface area contributed by atoms with Gasteiger partial charge in [0.05, 0.1) is 6.42 Å². The molecule has 1 aromatic carbocycles. The van der Waals surface area contributed by atoms with Gasteiger partial charge in [-0.2, -0.15) is 0 Å². The zero-order valence-electron chi connectivity index (χ0n) is 10.1. The highest BCUT2D eigenvalue weighted by Crippen LogP contribution is 2.26. The molecule has 17 heavy (non-hydrogen) atoms. The van der Waals surface area contributed by atoms with E-state index in [9.17, 15) is 4.79 Å². The van der Waals surface area contributed by atoms with Gasteiger partial charge in [-0.25, -0.2) is 0 Å². The lowest BCUT2D eigenvalue weighted by Crippen LogP contribution is -2.22. The summed E-state index contributed by atoms with van der Waals surface area (Å²) in [5, 5.41) is 6.20. The molecule has 2 rings (SSSR count). The van der Waals surface area contributed by atoms with Crippen LogP contribution < -0.4 is 16.4 Å². The van der Waals surface area contributed by atoms with Gasteiger partial charge in [-0.1, -0.05) is 13.3 Å². The van der Waals surface area contributed by atoms with Crippen LogP contribution in [0.5, 0.6) is 0 Å². The van der Waals surface area contributed by atoms with Crippen LogP contribution in [0.25, 0.3) is 0 Å². The van der Waals surface area contributed by atoms with Crippen molar-refractivity contribution in [2.75, 3.05) is 23.7 Å². The Morgan fingerprint density at radius 3 is 3.06 bits per heavy atom. The number of amides is 1. The second-order valence-electron chi connectivity index (χ2n) is 4.49. The normalized spacial score (nSPS) is 15.3. The molecule has 0 radical (unpaired) electrons. The number of carbonyl (C=O) groups excluding carboxylic acids is 1. The molecule has 4 nitrogen and oxygen atoms in total. The smallest absolute Gasteiger partial charge is 0.228 e. The molecule has 1 aliphatic heterocycles. The van der Waals surface area contributed by atoms with E-state index < -0.39 is 0 Å². The molecule has 0 aromatic heterocycles. The van der Waals surface area contributed by atoms with Crippen molar-refractivity contribution < 1.29 is 4.79 Å². The third-order valence-electron chi connectivity index (χ3n) is 3.24. The van der Waals surface area contributed by atoms with Crippen LogP contribution in [0.15, 0.2) is 18.2 Å². The van der Waals surface area contributed by atoms with Gasteiger partial charge in [0.25, 0.3) is 0 Å². The molecule has 0 saturated carbocycles. The van der Waals surface area contributed by atoms with Crippen molar-refractivity contribution >= 4 is 17.3 Å². The Hall–Kier alpha value is -1.55. The first-order chi connectivity index (χ1) is 8.22. The number of benzene rings is 1. The van der Waals surface area contributed by atoms with Crippen LogP contribution in [0, 0.1) is 5.92 Å². The first kappa shape index (κ1) is 11.9. The van der Waals surface area contributed by atoms with Crippen LogP contribution in [0.3, 0.4) is 0 Å². The summed E-state index contributed by atoms with van der Waals surface area (Å²) < 4.78 is 0. The Morgan fingerprint density at radius 2 is 2.35 bits per heavy atom. The maximum atomic E-state index is 11.2. The number of hydrogen-bond acceptors (Lipinski definition) is 3. The van der Waals surface area contributed by atoms with Gasteiger partial charge in [-0.3, -0.25) is 4.79 Å². The highest BCUT2D eigenvalue weighted by Gasteiger charge is 2.17. The van der Waals surface area contributed by atoms with E-state index in [1.165, 1.54) is 0 Å². The molecule has 1 unspecified atom stereocenters. The first-order valence-electron chi connectivity index (χ1n) is 6.09. The first-order valence-corrected chi connectivity index (χ1v) is 6.09. The minimum absolute atomic E-state index is 0.0746. The number of nitrogens with one attached hydrogen (secondary N) is 2. The molecule has 4 N–H and O–H groups in total. The topological polar surface area (TPSA) is 67.1 Å². The fourth-order valence-corrected chi connectivity index (χ4v) is 2.00. The van der Waals surface area contributed by atoms with Crippen LogP contribution in [-0.2, 0) is 11.2 Å². The molecule has 1 atom stereocenters. The summed E-state index contributed by atoms with van der Waals surface area (Å²) in [5.74, 6) is 0.577. The summed E-state index contributed by atoms with van der Waals surface area (Å²) in [4.78, 5) is 11.2. The number of rotatable bonds is 5. The maximum absolute atomic E-state index is 11.2. The Bertz CT molecular complexity index is 413. The maximum Gasteiger partial charge on any atom is 0.228 e. The van der Waals surface area contributed by atoms with Crippen LogP contribution >= 0.6 is 0 Å². The van der Waals surface area contributed by atoms with E-state index in [2.05, 4.69) is 17.6 Å². The van der Waals surface area contributed by atoms with Gasteiger partial charge in [-0.15, -0.1) is 0 Å². The van der Waals surface area contributed by atoms with Gasteiger partial charge in [0, 0.05) is 17.9 Å². The van der Waals surface area contributed by atoms with Crippen molar-refractivity contribution in [2.45, 2.75) is 19.8 Å². The number of nitrogens with two attached hydrogens (primary N) is 1. The van der Waals surface area contributed by atoms with Crippen LogP contribution in [0.4, 0.5) is 11.4 Å². The minimum atomic E-state index is 0.0746. The molecule has 92 valence electrons. The zero-order chi connectivity index (χ0) is 12.3. The number of fused-ring (bicyclic) bond motifs is 1. The van der Waals surface area contributed by atoms with E-state index in [0.717, 1.165) is 29.9 Å². The molecule has 1 amide bonds. The lowest BCUT2D eigenvalue weighted by Gasteiger charge is -2.14. The largest absolute Gasteiger partial charge is 0.385 e. The summed E-state index contributed by atoms with van der Waals surface area (Å²) in [5.41, 5.74) is 8.73. The monoisotopic (exact) mass is 233 g/mol. The van der Waals surface area contributed by atoms with Crippen LogP contribution in [0.1, 0.15) is 18.9 Å². The lowest BCUT2D eigenvalue weighted by atomic mass is 10.1. The average Bonchev–Trinajstić information content (AvgIpc) is 2.69. The molecular formula is C13H19N3O. The van der Waals surface area contributed by atoms with Crippen molar-refractivity contribution in [3.8, 4) is 0 Å². The van der Waals surface area contributed by atoms with Crippen molar-refractivity contribution in [1.82, 2.24) is 0 Å². The summed E-state index contributed by atoms with van der Waals surface area (Å²) in [6, 6.07) is 5.98. The summed E-state index contributed by atoms with van der Waals surface area (Å²) in [6.45, 7) is 3.73.